The summed E-state index contributed by atoms with van der Waals surface area (Å²) in [5, 5.41) is 7.59. The van der Waals surface area contributed by atoms with Crippen LogP contribution in [0.3, 0.4) is 0 Å². The number of aromatic nitrogens is 2. The summed E-state index contributed by atoms with van der Waals surface area (Å²) in [6, 6.07) is 8.68. The van der Waals surface area contributed by atoms with E-state index >= 15 is 0 Å². The van der Waals surface area contributed by atoms with Gasteiger partial charge >= 0.3 is 0 Å². The molecule has 0 bridgehead atoms. The summed E-state index contributed by atoms with van der Waals surface area (Å²) in [6.45, 7) is 4.31. The summed E-state index contributed by atoms with van der Waals surface area (Å²) >= 11 is 0. The predicted molar refractivity (Wildman–Crippen MR) is 106 cm³/mol. The maximum absolute atomic E-state index is 5.51. The van der Waals surface area contributed by atoms with E-state index in [0.717, 1.165) is 31.0 Å². The normalized spacial score (nSPS) is 17.5. The molecule has 0 saturated carbocycles. The largest absolute Gasteiger partial charge is 0.339 e. The number of hydrogen-bond acceptors (Lipinski definition) is 4. The van der Waals surface area contributed by atoms with Crippen LogP contribution in [0.5, 0.6) is 0 Å². The van der Waals surface area contributed by atoms with Crippen molar-refractivity contribution >= 4 is 0 Å². The van der Waals surface area contributed by atoms with Crippen LogP contribution in [-0.4, -0.2) is 23.2 Å². The van der Waals surface area contributed by atoms with Gasteiger partial charge in [0.05, 0.1) is 5.92 Å². The molecular formula is C22H33N3O. The molecule has 1 aliphatic heterocycles. The van der Waals surface area contributed by atoms with Gasteiger partial charge in [0, 0.05) is 12.1 Å². The van der Waals surface area contributed by atoms with Crippen molar-refractivity contribution in [1.82, 2.24) is 15.5 Å². The minimum Gasteiger partial charge on any atom is -0.339 e. The van der Waals surface area contributed by atoms with Crippen LogP contribution in [0.2, 0.25) is 0 Å². The van der Waals surface area contributed by atoms with Crippen LogP contribution < -0.4 is 5.32 Å². The van der Waals surface area contributed by atoms with E-state index in [1.807, 2.05) is 0 Å². The van der Waals surface area contributed by atoms with Gasteiger partial charge in [-0.05, 0) is 37.8 Å². The van der Waals surface area contributed by atoms with Crippen LogP contribution in [0.25, 0.3) is 11.4 Å². The number of unbranched alkanes of at least 4 members (excludes halogenated alkanes) is 6. The third kappa shape index (κ3) is 5.66. The van der Waals surface area contributed by atoms with E-state index in [1.165, 1.54) is 63.4 Å². The van der Waals surface area contributed by atoms with E-state index in [4.69, 9.17) is 4.52 Å². The predicted octanol–water partition coefficient (Wildman–Crippen LogP) is 5.50. The molecule has 4 heteroatoms. The standard InChI is InChI=1S/C22H33N3O/c1-2-3-4-5-6-7-8-10-18-12-14-19(15-13-18)21-24-22(26-25-21)20-11-9-16-23-17-20/h12-15,20,23H,2-11,16-17H2,1H3. The summed E-state index contributed by atoms with van der Waals surface area (Å²) < 4.78 is 5.51. The maximum Gasteiger partial charge on any atom is 0.231 e. The monoisotopic (exact) mass is 355 g/mol. The van der Waals surface area contributed by atoms with E-state index in [-0.39, 0.29) is 0 Å². The first-order valence-electron chi connectivity index (χ1n) is 10.5. The second kappa shape index (κ2) is 10.5. The number of rotatable bonds is 10. The number of nitrogens with one attached hydrogen (secondary N) is 1. The Bertz CT molecular complexity index is 629. The quantitative estimate of drug-likeness (QED) is 0.572. The first kappa shape index (κ1) is 19.1. The van der Waals surface area contributed by atoms with Gasteiger partial charge in [-0.1, -0.05) is 74.9 Å². The molecule has 0 amide bonds. The lowest BCUT2D eigenvalue weighted by atomic mass is 10.00. The fourth-order valence-corrected chi connectivity index (χ4v) is 3.69. The number of nitrogens with zero attached hydrogens (tertiary/aromatic N) is 2. The van der Waals surface area contributed by atoms with Crippen LogP contribution in [-0.2, 0) is 6.42 Å². The average molecular weight is 356 g/mol. The van der Waals surface area contributed by atoms with E-state index in [1.54, 1.807) is 0 Å². The minimum absolute atomic E-state index is 0.363. The Labute approximate surface area is 157 Å². The van der Waals surface area contributed by atoms with Gasteiger partial charge in [0.15, 0.2) is 0 Å². The topological polar surface area (TPSA) is 51.0 Å². The van der Waals surface area contributed by atoms with Gasteiger partial charge < -0.3 is 9.84 Å². The van der Waals surface area contributed by atoms with Crippen LogP contribution in [0.4, 0.5) is 0 Å². The van der Waals surface area contributed by atoms with E-state index in [9.17, 15) is 0 Å². The third-order valence-electron chi connectivity index (χ3n) is 5.37. The SMILES string of the molecule is CCCCCCCCCc1ccc(-c2noc(C3CCCNC3)n2)cc1. The molecule has 1 atom stereocenters. The lowest BCUT2D eigenvalue weighted by Gasteiger charge is -2.18. The molecule has 2 heterocycles. The Morgan fingerprint density at radius 2 is 1.81 bits per heavy atom. The second-order valence-corrected chi connectivity index (χ2v) is 7.57. The first-order chi connectivity index (χ1) is 12.9. The average Bonchev–Trinajstić information content (AvgIpc) is 3.19. The molecule has 0 spiro atoms. The number of benzene rings is 1. The summed E-state index contributed by atoms with van der Waals surface area (Å²) in [4.78, 5) is 4.63. The molecule has 2 aromatic rings. The molecule has 1 saturated heterocycles. The molecule has 26 heavy (non-hydrogen) atoms. The number of hydrogen-bond donors (Lipinski definition) is 1. The lowest BCUT2D eigenvalue weighted by Crippen LogP contribution is -2.28. The van der Waals surface area contributed by atoms with Crippen LogP contribution in [0.1, 0.15) is 82.1 Å². The highest BCUT2D eigenvalue weighted by molar-refractivity contribution is 5.54. The molecule has 0 radical (unpaired) electrons. The molecular weight excluding hydrogens is 322 g/mol. The highest BCUT2D eigenvalue weighted by Crippen LogP contribution is 2.25. The number of aryl methyl sites for hydroxylation is 1. The van der Waals surface area contributed by atoms with Crippen molar-refractivity contribution in [2.24, 2.45) is 0 Å². The van der Waals surface area contributed by atoms with Gasteiger partial charge in [0.25, 0.3) is 0 Å². The summed E-state index contributed by atoms with van der Waals surface area (Å²) in [5.41, 5.74) is 2.45. The Morgan fingerprint density at radius 3 is 2.54 bits per heavy atom. The lowest BCUT2D eigenvalue weighted by molar-refractivity contribution is 0.322. The zero-order valence-corrected chi connectivity index (χ0v) is 16.2. The van der Waals surface area contributed by atoms with Crippen molar-refractivity contribution in [3.05, 3.63) is 35.7 Å². The molecule has 0 aliphatic carbocycles. The first-order valence-corrected chi connectivity index (χ1v) is 10.5. The molecule has 1 aliphatic rings. The Kier molecular flexibility index (Phi) is 7.68. The molecule has 3 rings (SSSR count). The van der Waals surface area contributed by atoms with Gasteiger partial charge in [-0.3, -0.25) is 0 Å². The Balaban J connectivity index is 1.45. The van der Waals surface area contributed by atoms with E-state index < -0.39 is 0 Å². The van der Waals surface area contributed by atoms with E-state index in [0.29, 0.717) is 11.7 Å². The van der Waals surface area contributed by atoms with Gasteiger partial charge in [-0.25, -0.2) is 0 Å². The summed E-state index contributed by atoms with van der Waals surface area (Å²) in [5.74, 6) is 1.86. The van der Waals surface area contributed by atoms with Crippen molar-refractivity contribution in [3.63, 3.8) is 0 Å². The zero-order valence-electron chi connectivity index (χ0n) is 16.2. The third-order valence-corrected chi connectivity index (χ3v) is 5.37. The molecule has 1 aromatic carbocycles. The molecule has 142 valence electrons. The molecule has 4 nitrogen and oxygen atoms in total. The Morgan fingerprint density at radius 1 is 1.04 bits per heavy atom. The zero-order chi connectivity index (χ0) is 18.0. The Hall–Kier alpha value is -1.68. The van der Waals surface area contributed by atoms with Gasteiger partial charge in [0.2, 0.25) is 11.7 Å². The summed E-state index contributed by atoms with van der Waals surface area (Å²) in [6.07, 6.45) is 13.0. The fraction of sp³-hybridized carbons (Fsp3) is 0.636. The smallest absolute Gasteiger partial charge is 0.231 e. The van der Waals surface area contributed by atoms with E-state index in [2.05, 4.69) is 46.6 Å². The highest BCUT2D eigenvalue weighted by atomic mass is 16.5. The molecule has 1 unspecified atom stereocenters. The van der Waals surface area contributed by atoms with Crippen LogP contribution >= 0.6 is 0 Å². The van der Waals surface area contributed by atoms with Crippen LogP contribution in [0.15, 0.2) is 28.8 Å². The summed E-state index contributed by atoms with van der Waals surface area (Å²) in [7, 11) is 0. The van der Waals surface area contributed by atoms with Crippen molar-refractivity contribution < 1.29 is 4.52 Å². The van der Waals surface area contributed by atoms with Gasteiger partial charge in [-0.2, -0.15) is 4.98 Å². The number of piperidine rings is 1. The fourth-order valence-electron chi connectivity index (χ4n) is 3.69. The second-order valence-electron chi connectivity index (χ2n) is 7.57. The molecule has 1 fully saturated rings. The van der Waals surface area contributed by atoms with Crippen molar-refractivity contribution in [3.8, 4) is 11.4 Å². The van der Waals surface area contributed by atoms with Gasteiger partial charge in [0.1, 0.15) is 0 Å². The molecule has 1 N–H and O–H groups in total. The van der Waals surface area contributed by atoms with Crippen molar-refractivity contribution in [1.29, 1.82) is 0 Å². The van der Waals surface area contributed by atoms with Gasteiger partial charge in [-0.15, -0.1) is 0 Å². The molecule has 1 aromatic heterocycles. The van der Waals surface area contributed by atoms with Crippen molar-refractivity contribution in [2.45, 2.75) is 77.0 Å². The van der Waals surface area contributed by atoms with Crippen LogP contribution in [0, 0.1) is 0 Å². The maximum atomic E-state index is 5.51. The van der Waals surface area contributed by atoms with Crippen molar-refractivity contribution in [2.75, 3.05) is 13.1 Å². The minimum atomic E-state index is 0.363. The highest BCUT2D eigenvalue weighted by Gasteiger charge is 2.21.